The summed E-state index contributed by atoms with van der Waals surface area (Å²) < 4.78 is 14.8. The normalized spacial score (nSPS) is 10.6. The number of hydrogen-bond acceptors (Lipinski definition) is 2. The van der Waals surface area contributed by atoms with Crippen LogP contribution in [0.3, 0.4) is 0 Å². The molecular weight excluding hydrogens is 341 g/mol. The molecule has 6 heteroatoms. The summed E-state index contributed by atoms with van der Waals surface area (Å²) in [7, 11) is 0. The Kier molecular flexibility index (Phi) is 5.46. The molecule has 0 aliphatic heterocycles. The van der Waals surface area contributed by atoms with Gasteiger partial charge in [0.25, 0.3) is 0 Å². The molecular formula is C19H17ClFN3O. The van der Waals surface area contributed by atoms with E-state index in [2.05, 4.69) is 10.4 Å². The van der Waals surface area contributed by atoms with Gasteiger partial charge < -0.3 is 5.32 Å². The standard InChI is InChI=1S/C19H17ClFN3O/c20-16-5-7-18(8-6-16)24-13-15(12-23-24)11-22-19(25)9-4-14-2-1-3-17(21)10-14/h1-3,5-8,10,12-13H,4,9,11H2,(H,22,25). The smallest absolute Gasteiger partial charge is 0.220 e. The highest BCUT2D eigenvalue weighted by Gasteiger charge is 2.05. The maximum absolute atomic E-state index is 13.1. The highest BCUT2D eigenvalue weighted by atomic mass is 35.5. The quantitative estimate of drug-likeness (QED) is 0.727. The third-order valence-corrected chi connectivity index (χ3v) is 4.00. The number of hydrogen-bond donors (Lipinski definition) is 1. The van der Waals surface area contributed by atoms with Crippen LogP contribution in [0, 0.1) is 5.82 Å². The molecule has 0 saturated carbocycles. The van der Waals surface area contributed by atoms with Crippen molar-refractivity contribution in [3.63, 3.8) is 0 Å². The number of nitrogens with zero attached hydrogens (tertiary/aromatic N) is 2. The number of aryl methyl sites for hydroxylation is 1. The number of rotatable bonds is 6. The zero-order valence-electron chi connectivity index (χ0n) is 13.5. The summed E-state index contributed by atoms with van der Waals surface area (Å²) in [6.45, 7) is 0.398. The van der Waals surface area contributed by atoms with Crippen molar-refractivity contribution in [2.45, 2.75) is 19.4 Å². The number of amides is 1. The zero-order valence-corrected chi connectivity index (χ0v) is 14.2. The van der Waals surface area contributed by atoms with Crippen LogP contribution in [0.5, 0.6) is 0 Å². The van der Waals surface area contributed by atoms with E-state index < -0.39 is 0 Å². The van der Waals surface area contributed by atoms with E-state index in [-0.39, 0.29) is 11.7 Å². The lowest BCUT2D eigenvalue weighted by Crippen LogP contribution is -2.22. The molecule has 1 amide bonds. The van der Waals surface area contributed by atoms with Crippen LogP contribution >= 0.6 is 11.6 Å². The zero-order chi connectivity index (χ0) is 17.6. The molecule has 128 valence electrons. The highest BCUT2D eigenvalue weighted by Crippen LogP contribution is 2.13. The van der Waals surface area contributed by atoms with Gasteiger partial charge in [-0.2, -0.15) is 5.10 Å². The molecule has 0 fully saturated rings. The lowest BCUT2D eigenvalue weighted by Gasteiger charge is -2.04. The van der Waals surface area contributed by atoms with Gasteiger partial charge in [0.05, 0.1) is 11.9 Å². The van der Waals surface area contributed by atoms with Crippen LogP contribution in [-0.4, -0.2) is 15.7 Å². The summed E-state index contributed by atoms with van der Waals surface area (Å²) >= 11 is 5.87. The van der Waals surface area contributed by atoms with Gasteiger partial charge in [0.2, 0.25) is 5.91 Å². The Morgan fingerprint density at radius 3 is 2.72 bits per heavy atom. The Hall–Kier alpha value is -2.66. The van der Waals surface area contributed by atoms with Gasteiger partial charge in [-0.3, -0.25) is 4.79 Å². The molecule has 0 bridgehead atoms. The number of benzene rings is 2. The largest absolute Gasteiger partial charge is 0.352 e. The predicted octanol–water partition coefficient (Wildman–Crippen LogP) is 3.91. The summed E-state index contributed by atoms with van der Waals surface area (Å²) in [5.41, 5.74) is 2.60. The summed E-state index contributed by atoms with van der Waals surface area (Å²) in [4.78, 5) is 11.9. The lowest BCUT2D eigenvalue weighted by atomic mass is 10.1. The van der Waals surface area contributed by atoms with E-state index >= 15 is 0 Å². The molecule has 0 radical (unpaired) electrons. The lowest BCUT2D eigenvalue weighted by molar-refractivity contribution is -0.121. The van der Waals surface area contributed by atoms with Crippen LogP contribution in [0.25, 0.3) is 5.69 Å². The van der Waals surface area contributed by atoms with E-state index in [4.69, 9.17) is 11.6 Å². The molecule has 3 rings (SSSR count). The van der Waals surface area contributed by atoms with Crippen LogP contribution in [0.15, 0.2) is 60.9 Å². The fraction of sp³-hybridized carbons (Fsp3) is 0.158. The Bertz CT molecular complexity index is 861. The summed E-state index contributed by atoms with van der Waals surface area (Å²) in [5.74, 6) is -0.365. The van der Waals surface area contributed by atoms with Crippen LogP contribution < -0.4 is 5.32 Å². The summed E-state index contributed by atoms with van der Waals surface area (Å²) in [6.07, 6.45) is 4.39. The molecule has 0 aliphatic rings. The number of aromatic nitrogens is 2. The van der Waals surface area contributed by atoms with E-state index in [9.17, 15) is 9.18 Å². The molecule has 3 aromatic rings. The monoisotopic (exact) mass is 357 g/mol. The van der Waals surface area contributed by atoms with Gasteiger partial charge in [0, 0.05) is 29.7 Å². The Labute approximate surface area is 150 Å². The second-order valence-corrected chi connectivity index (χ2v) is 6.11. The van der Waals surface area contributed by atoms with E-state index in [1.165, 1.54) is 12.1 Å². The molecule has 1 aromatic heterocycles. The van der Waals surface area contributed by atoms with Gasteiger partial charge in [-0.05, 0) is 48.4 Å². The van der Waals surface area contributed by atoms with Gasteiger partial charge in [-0.1, -0.05) is 23.7 Å². The minimum Gasteiger partial charge on any atom is -0.352 e. The molecule has 1 heterocycles. The van der Waals surface area contributed by atoms with Crippen molar-refractivity contribution in [2.24, 2.45) is 0 Å². The van der Waals surface area contributed by atoms with Crippen molar-refractivity contribution in [3.05, 3.63) is 82.9 Å². The number of nitrogens with one attached hydrogen (secondary N) is 1. The Balaban J connectivity index is 1.50. The Morgan fingerprint density at radius 1 is 1.16 bits per heavy atom. The van der Waals surface area contributed by atoms with Crippen LogP contribution in [-0.2, 0) is 17.8 Å². The van der Waals surface area contributed by atoms with Crippen molar-refractivity contribution in [2.75, 3.05) is 0 Å². The predicted molar refractivity (Wildman–Crippen MR) is 95.1 cm³/mol. The highest BCUT2D eigenvalue weighted by molar-refractivity contribution is 6.30. The molecule has 0 aliphatic carbocycles. The molecule has 0 spiro atoms. The van der Waals surface area contributed by atoms with E-state index in [1.807, 2.05) is 24.4 Å². The van der Waals surface area contributed by atoms with Crippen molar-refractivity contribution < 1.29 is 9.18 Å². The van der Waals surface area contributed by atoms with Crippen LogP contribution in [0.1, 0.15) is 17.5 Å². The minimum absolute atomic E-state index is 0.0801. The molecule has 4 nitrogen and oxygen atoms in total. The molecule has 25 heavy (non-hydrogen) atoms. The average Bonchev–Trinajstić information content (AvgIpc) is 3.08. The van der Waals surface area contributed by atoms with Crippen LogP contribution in [0.4, 0.5) is 4.39 Å². The topological polar surface area (TPSA) is 46.9 Å². The van der Waals surface area contributed by atoms with E-state index in [1.54, 1.807) is 29.1 Å². The number of halogens is 2. The van der Waals surface area contributed by atoms with Gasteiger partial charge in [0.1, 0.15) is 5.82 Å². The first-order valence-corrected chi connectivity index (χ1v) is 8.28. The minimum atomic E-state index is -0.285. The van der Waals surface area contributed by atoms with Gasteiger partial charge in [0.15, 0.2) is 0 Å². The van der Waals surface area contributed by atoms with Crippen molar-refractivity contribution in [3.8, 4) is 5.69 Å². The van der Waals surface area contributed by atoms with Gasteiger partial charge in [-0.25, -0.2) is 9.07 Å². The molecule has 2 aromatic carbocycles. The fourth-order valence-corrected chi connectivity index (χ4v) is 2.55. The van der Waals surface area contributed by atoms with Crippen LogP contribution in [0.2, 0.25) is 5.02 Å². The van der Waals surface area contributed by atoms with Crippen molar-refractivity contribution in [1.82, 2.24) is 15.1 Å². The van der Waals surface area contributed by atoms with Crippen molar-refractivity contribution in [1.29, 1.82) is 0 Å². The SMILES string of the molecule is O=C(CCc1cccc(F)c1)NCc1cnn(-c2ccc(Cl)cc2)c1. The third-order valence-electron chi connectivity index (χ3n) is 3.75. The molecule has 0 atom stereocenters. The maximum Gasteiger partial charge on any atom is 0.220 e. The number of carbonyl (C=O) groups excluding carboxylic acids is 1. The second-order valence-electron chi connectivity index (χ2n) is 5.68. The summed E-state index contributed by atoms with van der Waals surface area (Å²) in [5, 5.41) is 7.80. The molecule has 0 unspecified atom stereocenters. The van der Waals surface area contributed by atoms with Gasteiger partial charge >= 0.3 is 0 Å². The first kappa shape index (κ1) is 17.2. The Morgan fingerprint density at radius 2 is 1.96 bits per heavy atom. The first-order valence-electron chi connectivity index (χ1n) is 7.91. The molecule has 1 N–H and O–H groups in total. The summed E-state index contributed by atoms with van der Waals surface area (Å²) in [6, 6.07) is 13.6. The maximum atomic E-state index is 13.1. The first-order chi connectivity index (χ1) is 12.1. The van der Waals surface area contributed by atoms with Crippen molar-refractivity contribution >= 4 is 17.5 Å². The molecule has 0 saturated heterocycles. The van der Waals surface area contributed by atoms with E-state index in [0.717, 1.165) is 16.8 Å². The average molecular weight is 358 g/mol. The second kappa shape index (κ2) is 7.94. The van der Waals surface area contributed by atoms with E-state index in [0.29, 0.717) is 24.4 Å². The number of carbonyl (C=O) groups is 1. The van der Waals surface area contributed by atoms with Gasteiger partial charge in [-0.15, -0.1) is 0 Å². The fourth-order valence-electron chi connectivity index (χ4n) is 2.43. The third kappa shape index (κ3) is 4.90.